The summed E-state index contributed by atoms with van der Waals surface area (Å²) in [6.07, 6.45) is 3.45. The molecule has 0 saturated carbocycles. The Balaban J connectivity index is 2.67. The Morgan fingerprint density at radius 3 is 2.33 bits per heavy atom. The van der Waals surface area contributed by atoms with Crippen LogP contribution in [0.2, 0.25) is 0 Å². The molecule has 0 spiro atoms. The molecule has 18 heavy (non-hydrogen) atoms. The van der Waals surface area contributed by atoms with Crippen LogP contribution in [0, 0.1) is 6.92 Å². The van der Waals surface area contributed by atoms with Crippen LogP contribution in [-0.4, -0.2) is 19.8 Å². The maximum absolute atomic E-state index is 5.29. The number of ether oxygens (including phenoxy) is 1. The molecule has 0 heterocycles. The van der Waals surface area contributed by atoms with E-state index in [1.54, 1.807) is 7.11 Å². The summed E-state index contributed by atoms with van der Waals surface area (Å²) in [6.45, 7) is 7.36. The number of nitrogens with one attached hydrogen (secondary N) is 1. The Morgan fingerprint density at radius 1 is 1.17 bits per heavy atom. The number of hydrogen-bond donors (Lipinski definition) is 1. The molecule has 2 unspecified atom stereocenters. The molecule has 0 saturated heterocycles. The summed E-state index contributed by atoms with van der Waals surface area (Å²) < 4.78 is 5.29. The molecule has 102 valence electrons. The minimum absolute atomic E-state index is 0.428. The van der Waals surface area contributed by atoms with E-state index in [9.17, 15) is 0 Å². The van der Waals surface area contributed by atoms with Crippen LogP contribution in [0.4, 0.5) is 0 Å². The van der Waals surface area contributed by atoms with Crippen LogP contribution < -0.4 is 5.32 Å². The second-order valence-corrected chi connectivity index (χ2v) is 4.98. The highest BCUT2D eigenvalue weighted by molar-refractivity contribution is 5.24. The number of benzene rings is 1. The van der Waals surface area contributed by atoms with Crippen molar-refractivity contribution in [1.82, 2.24) is 5.32 Å². The van der Waals surface area contributed by atoms with Crippen LogP contribution in [0.1, 0.15) is 50.3 Å². The molecule has 1 aromatic rings. The summed E-state index contributed by atoms with van der Waals surface area (Å²) in [5, 5.41) is 3.72. The third-order valence-electron chi connectivity index (χ3n) is 3.33. The summed E-state index contributed by atoms with van der Waals surface area (Å²) in [6, 6.07) is 9.71. The minimum Gasteiger partial charge on any atom is -0.383 e. The molecular formula is C16H27NO. The molecule has 0 aliphatic heterocycles. The molecule has 0 fully saturated rings. The van der Waals surface area contributed by atoms with Gasteiger partial charge in [0.15, 0.2) is 0 Å². The van der Waals surface area contributed by atoms with Gasteiger partial charge in [-0.05, 0) is 25.3 Å². The molecule has 1 rings (SSSR count). The highest BCUT2D eigenvalue weighted by Gasteiger charge is 2.14. The first-order valence-electron chi connectivity index (χ1n) is 7.02. The minimum atomic E-state index is 0.428. The summed E-state index contributed by atoms with van der Waals surface area (Å²) in [7, 11) is 1.77. The predicted molar refractivity (Wildman–Crippen MR) is 77.9 cm³/mol. The second-order valence-electron chi connectivity index (χ2n) is 4.98. The molecule has 1 N–H and O–H groups in total. The number of hydrogen-bond acceptors (Lipinski definition) is 2. The Morgan fingerprint density at radius 2 is 1.83 bits per heavy atom. The third-order valence-corrected chi connectivity index (χ3v) is 3.33. The van der Waals surface area contributed by atoms with Gasteiger partial charge in [0.2, 0.25) is 0 Å². The van der Waals surface area contributed by atoms with Crippen LogP contribution in [0.15, 0.2) is 24.3 Å². The fraction of sp³-hybridized carbons (Fsp3) is 0.625. The van der Waals surface area contributed by atoms with Gasteiger partial charge in [-0.15, -0.1) is 0 Å². The zero-order chi connectivity index (χ0) is 13.4. The van der Waals surface area contributed by atoms with Gasteiger partial charge in [-0.25, -0.2) is 0 Å². The quantitative estimate of drug-likeness (QED) is 0.755. The van der Waals surface area contributed by atoms with Gasteiger partial charge in [0.25, 0.3) is 0 Å². The van der Waals surface area contributed by atoms with E-state index in [1.807, 2.05) is 0 Å². The lowest BCUT2D eigenvalue weighted by atomic mass is 10.0. The first-order chi connectivity index (χ1) is 8.71. The molecule has 0 aliphatic carbocycles. The van der Waals surface area contributed by atoms with E-state index in [1.165, 1.54) is 17.5 Å². The number of rotatable bonds is 8. The highest BCUT2D eigenvalue weighted by Crippen LogP contribution is 2.18. The molecule has 2 atom stereocenters. The summed E-state index contributed by atoms with van der Waals surface area (Å²) in [5.41, 5.74) is 2.69. The van der Waals surface area contributed by atoms with E-state index in [-0.39, 0.29) is 0 Å². The van der Waals surface area contributed by atoms with Crippen molar-refractivity contribution >= 4 is 0 Å². The smallest absolute Gasteiger partial charge is 0.0616 e. The van der Waals surface area contributed by atoms with E-state index in [4.69, 9.17) is 4.74 Å². The Hall–Kier alpha value is -0.860. The normalized spacial score (nSPS) is 14.4. The van der Waals surface area contributed by atoms with Gasteiger partial charge in [0, 0.05) is 19.2 Å². The lowest BCUT2D eigenvalue weighted by Gasteiger charge is -2.25. The van der Waals surface area contributed by atoms with Crippen molar-refractivity contribution in [2.24, 2.45) is 0 Å². The second kappa shape index (κ2) is 8.28. The molecule has 0 bridgehead atoms. The Labute approximate surface area is 112 Å². The fourth-order valence-electron chi connectivity index (χ4n) is 2.30. The average Bonchev–Trinajstić information content (AvgIpc) is 2.37. The predicted octanol–water partition coefficient (Wildman–Crippen LogP) is 3.85. The molecular weight excluding hydrogens is 222 g/mol. The van der Waals surface area contributed by atoms with Gasteiger partial charge in [0.1, 0.15) is 0 Å². The highest BCUT2D eigenvalue weighted by atomic mass is 16.5. The van der Waals surface area contributed by atoms with Crippen molar-refractivity contribution in [1.29, 1.82) is 0 Å². The molecule has 1 aromatic carbocycles. The van der Waals surface area contributed by atoms with Gasteiger partial charge < -0.3 is 10.1 Å². The lowest BCUT2D eigenvalue weighted by molar-refractivity contribution is 0.155. The monoisotopic (exact) mass is 249 g/mol. The maximum Gasteiger partial charge on any atom is 0.0616 e. The number of methoxy groups -OCH3 is 1. The number of aryl methyl sites for hydroxylation is 1. The fourth-order valence-corrected chi connectivity index (χ4v) is 2.30. The zero-order valence-corrected chi connectivity index (χ0v) is 12.2. The van der Waals surface area contributed by atoms with Crippen molar-refractivity contribution in [3.63, 3.8) is 0 Å². The summed E-state index contributed by atoms with van der Waals surface area (Å²) in [4.78, 5) is 0. The molecule has 0 radical (unpaired) electrons. The largest absolute Gasteiger partial charge is 0.383 e. The van der Waals surface area contributed by atoms with Crippen LogP contribution in [0.5, 0.6) is 0 Å². The van der Waals surface area contributed by atoms with Crippen molar-refractivity contribution < 1.29 is 4.74 Å². The third kappa shape index (κ3) is 4.79. The Kier molecular flexibility index (Phi) is 6.99. The van der Waals surface area contributed by atoms with E-state index in [0.29, 0.717) is 12.1 Å². The van der Waals surface area contributed by atoms with Crippen molar-refractivity contribution in [3.8, 4) is 0 Å². The first kappa shape index (κ1) is 15.2. The van der Waals surface area contributed by atoms with Crippen molar-refractivity contribution in [3.05, 3.63) is 35.4 Å². The average molecular weight is 249 g/mol. The van der Waals surface area contributed by atoms with Crippen LogP contribution in [0.25, 0.3) is 0 Å². The van der Waals surface area contributed by atoms with E-state index in [2.05, 4.69) is 50.4 Å². The molecule has 0 aliphatic rings. The van der Waals surface area contributed by atoms with Gasteiger partial charge in [0.05, 0.1) is 6.61 Å². The van der Waals surface area contributed by atoms with Gasteiger partial charge in [-0.3, -0.25) is 0 Å². The van der Waals surface area contributed by atoms with E-state index >= 15 is 0 Å². The van der Waals surface area contributed by atoms with Crippen molar-refractivity contribution in [2.45, 2.75) is 52.1 Å². The lowest BCUT2D eigenvalue weighted by Crippen LogP contribution is -2.36. The topological polar surface area (TPSA) is 21.3 Å². The Bertz CT molecular complexity index is 314. The maximum atomic E-state index is 5.29. The first-order valence-corrected chi connectivity index (χ1v) is 7.02. The van der Waals surface area contributed by atoms with E-state index < -0.39 is 0 Å². The molecule has 2 nitrogen and oxygen atoms in total. The standard InChI is InChI=1S/C16H27NO/c1-5-7-15(12-18-4)17-16(6-2)14-10-8-13(3)9-11-14/h8-11,15-17H,5-7,12H2,1-4H3. The molecule has 0 aromatic heterocycles. The SMILES string of the molecule is CCCC(COC)NC(CC)c1ccc(C)cc1. The zero-order valence-electron chi connectivity index (χ0n) is 12.2. The van der Waals surface area contributed by atoms with Gasteiger partial charge >= 0.3 is 0 Å². The molecule has 2 heteroatoms. The van der Waals surface area contributed by atoms with Crippen LogP contribution in [0.3, 0.4) is 0 Å². The summed E-state index contributed by atoms with van der Waals surface area (Å²) >= 11 is 0. The van der Waals surface area contributed by atoms with Crippen LogP contribution >= 0.6 is 0 Å². The van der Waals surface area contributed by atoms with Crippen LogP contribution in [-0.2, 0) is 4.74 Å². The van der Waals surface area contributed by atoms with Gasteiger partial charge in [-0.2, -0.15) is 0 Å². The van der Waals surface area contributed by atoms with Crippen molar-refractivity contribution in [2.75, 3.05) is 13.7 Å². The molecule has 0 amide bonds. The van der Waals surface area contributed by atoms with E-state index in [0.717, 1.165) is 19.4 Å². The van der Waals surface area contributed by atoms with Gasteiger partial charge in [-0.1, -0.05) is 50.1 Å². The summed E-state index contributed by atoms with van der Waals surface area (Å²) in [5.74, 6) is 0.